The fraction of sp³-hybridized carbons (Fsp3) is 0.143. The summed E-state index contributed by atoms with van der Waals surface area (Å²) in [6, 6.07) is 7.70. The predicted octanol–water partition coefficient (Wildman–Crippen LogP) is 4.33. The lowest BCUT2D eigenvalue weighted by atomic mass is 10.1. The summed E-state index contributed by atoms with van der Waals surface area (Å²) in [5.74, 6) is -0.457. The maximum atomic E-state index is 13.1. The van der Waals surface area contributed by atoms with Gasteiger partial charge in [0.05, 0.1) is 10.7 Å². The fourth-order valence-corrected chi connectivity index (χ4v) is 2.15. The first-order valence-electron chi connectivity index (χ1n) is 5.57. The van der Waals surface area contributed by atoms with Crippen LogP contribution in [0.3, 0.4) is 0 Å². The molecule has 1 aromatic carbocycles. The van der Waals surface area contributed by atoms with Crippen LogP contribution in [-0.2, 0) is 11.2 Å². The number of rotatable bonds is 3. The molecule has 2 nitrogen and oxygen atoms in total. The molecule has 1 aromatic heterocycles. The third-order valence-corrected chi connectivity index (χ3v) is 3.01. The first-order valence-corrected chi connectivity index (χ1v) is 6.32. The van der Waals surface area contributed by atoms with Gasteiger partial charge in [0.1, 0.15) is 16.8 Å². The SMILES string of the molecule is CC(=O)Cc1cc(Cl)nc(-c2ccc(F)c(Cl)c2)c1. The number of carbonyl (C=O) groups is 1. The van der Waals surface area contributed by atoms with Crippen molar-refractivity contribution in [3.05, 3.63) is 51.9 Å². The zero-order chi connectivity index (χ0) is 14.0. The molecule has 2 aromatic rings. The van der Waals surface area contributed by atoms with Gasteiger partial charge in [-0.25, -0.2) is 9.37 Å². The van der Waals surface area contributed by atoms with Crippen LogP contribution in [0.4, 0.5) is 4.39 Å². The number of halogens is 3. The lowest BCUT2D eigenvalue weighted by molar-refractivity contribution is -0.116. The molecule has 0 saturated carbocycles. The number of benzene rings is 1. The standard InChI is InChI=1S/C14H10Cl2FNO/c1-8(19)4-9-5-13(18-14(16)6-9)10-2-3-12(17)11(15)7-10/h2-3,5-7H,4H2,1H3. The molecule has 1 heterocycles. The Morgan fingerprint density at radius 3 is 2.63 bits per heavy atom. The van der Waals surface area contributed by atoms with Gasteiger partial charge in [-0.05, 0) is 42.8 Å². The molecule has 98 valence electrons. The Hall–Kier alpha value is -1.45. The van der Waals surface area contributed by atoms with Gasteiger partial charge in [0.25, 0.3) is 0 Å². The molecule has 19 heavy (non-hydrogen) atoms. The van der Waals surface area contributed by atoms with Crippen LogP contribution >= 0.6 is 23.2 Å². The van der Waals surface area contributed by atoms with Crippen molar-refractivity contribution in [2.24, 2.45) is 0 Å². The van der Waals surface area contributed by atoms with Crippen LogP contribution in [0, 0.1) is 5.82 Å². The molecule has 0 fully saturated rings. The van der Waals surface area contributed by atoms with Gasteiger partial charge in [0.2, 0.25) is 0 Å². The van der Waals surface area contributed by atoms with Crippen molar-refractivity contribution in [3.8, 4) is 11.3 Å². The highest BCUT2D eigenvalue weighted by atomic mass is 35.5. The van der Waals surface area contributed by atoms with E-state index in [1.807, 2.05) is 0 Å². The van der Waals surface area contributed by atoms with E-state index in [-0.39, 0.29) is 22.4 Å². The molecule has 0 bridgehead atoms. The normalized spacial score (nSPS) is 10.5. The van der Waals surface area contributed by atoms with Crippen LogP contribution in [0.2, 0.25) is 10.2 Å². The molecule has 0 N–H and O–H groups in total. The van der Waals surface area contributed by atoms with E-state index < -0.39 is 5.82 Å². The monoisotopic (exact) mass is 297 g/mol. The second-order valence-corrected chi connectivity index (χ2v) is 4.99. The minimum absolute atomic E-state index is 0.0207. The Labute approximate surface area is 120 Å². The van der Waals surface area contributed by atoms with Crippen molar-refractivity contribution in [1.82, 2.24) is 4.98 Å². The number of hydrogen-bond acceptors (Lipinski definition) is 2. The zero-order valence-corrected chi connectivity index (χ0v) is 11.6. The summed E-state index contributed by atoms with van der Waals surface area (Å²) in [6.07, 6.45) is 0.282. The molecular formula is C14H10Cl2FNO. The number of carbonyl (C=O) groups excluding carboxylic acids is 1. The molecule has 0 aliphatic heterocycles. The lowest BCUT2D eigenvalue weighted by Crippen LogP contribution is -1.98. The highest BCUT2D eigenvalue weighted by molar-refractivity contribution is 6.31. The van der Waals surface area contributed by atoms with Gasteiger partial charge in [-0.15, -0.1) is 0 Å². The van der Waals surface area contributed by atoms with Gasteiger partial charge in [-0.1, -0.05) is 23.2 Å². The number of nitrogens with zero attached hydrogens (tertiary/aromatic N) is 1. The number of hydrogen-bond donors (Lipinski definition) is 0. The Morgan fingerprint density at radius 2 is 2.00 bits per heavy atom. The van der Waals surface area contributed by atoms with Crippen LogP contribution in [-0.4, -0.2) is 10.8 Å². The average molecular weight is 298 g/mol. The second-order valence-electron chi connectivity index (χ2n) is 4.19. The van der Waals surface area contributed by atoms with E-state index in [9.17, 15) is 9.18 Å². The first-order chi connectivity index (χ1) is 8.95. The largest absolute Gasteiger partial charge is 0.300 e. The summed E-state index contributed by atoms with van der Waals surface area (Å²) >= 11 is 11.7. The number of aromatic nitrogens is 1. The quantitative estimate of drug-likeness (QED) is 0.790. The van der Waals surface area contributed by atoms with E-state index in [2.05, 4.69) is 4.98 Å². The number of ketones is 1. The summed E-state index contributed by atoms with van der Waals surface area (Å²) in [5, 5.41) is 0.307. The molecule has 2 rings (SSSR count). The number of Topliss-reactive ketones (excluding diaryl/α,β-unsaturated/α-hetero) is 1. The van der Waals surface area contributed by atoms with Crippen molar-refractivity contribution >= 4 is 29.0 Å². The fourth-order valence-electron chi connectivity index (χ4n) is 1.74. The van der Waals surface area contributed by atoms with Gasteiger partial charge >= 0.3 is 0 Å². The van der Waals surface area contributed by atoms with Crippen LogP contribution in [0.15, 0.2) is 30.3 Å². The molecule has 0 spiro atoms. The van der Waals surface area contributed by atoms with Crippen LogP contribution in [0.1, 0.15) is 12.5 Å². The molecule has 0 radical (unpaired) electrons. The van der Waals surface area contributed by atoms with Crippen molar-refractivity contribution < 1.29 is 9.18 Å². The van der Waals surface area contributed by atoms with E-state index in [0.29, 0.717) is 11.3 Å². The van der Waals surface area contributed by atoms with E-state index in [4.69, 9.17) is 23.2 Å². The van der Waals surface area contributed by atoms with Crippen molar-refractivity contribution in [3.63, 3.8) is 0 Å². The third kappa shape index (κ3) is 3.52. The predicted molar refractivity (Wildman–Crippen MR) is 74.0 cm³/mol. The smallest absolute Gasteiger partial charge is 0.141 e. The number of pyridine rings is 1. The average Bonchev–Trinajstić information content (AvgIpc) is 2.31. The van der Waals surface area contributed by atoms with E-state index in [0.717, 1.165) is 5.56 Å². The molecule has 0 atom stereocenters. The summed E-state index contributed by atoms with van der Waals surface area (Å²) < 4.78 is 13.1. The van der Waals surface area contributed by atoms with Gasteiger partial charge < -0.3 is 0 Å². The highest BCUT2D eigenvalue weighted by Crippen LogP contribution is 2.25. The van der Waals surface area contributed by atoms with Crippen molar-refractivity contribution in [2.45, 2.75) is 13.3 Å². The molecule has 0 unspecified atom stereocenters. The van der Waals surface area contributed by atoms with E-state index >= 15 is 0 Å². The highest BCUT2D eigenvalue weighted by Gasteiger charge is 2.08. The second kappa shape index (κ2) is 5.68. The summed E-state index contributed by atoms with van der Waals surface area (Å²) in [6.45, 7) is 1.50. The minimum atomic E-state index is -0.489. The van der Waals surface area contributed by atoms with Crippen molar-refractivity contribution in [2.75, 3.05) is 0 Å². The lowest BCUT2D eigenvalue weighted by Gasteiger charge is -2.06. The summed E-state index contributed by atoms with van der Waals surface area (Å²) in [7, 11) is 0. The van der Waals surface area contributed by atoms with Gasteiger partial charge in [0.15, 0.2) is 0 Å². The zero-order valence-electron chi connectivity index (χ0n) is 10.1. The molecule has 0 aliphatic rings. The Balaban J connectivity index is 2.46. The maximum absolute atomic E-state index is 13.1. The van der Waals surface area contributed by atoms with Crippen molar-refractivity contribution in [1.29, 1.82) is 0 Å². The van der Waals surface area contributed by atoms with Gasteiger partial charge in [-0.2, -0.15) is 0 Å². The maximum Gasteiger partial charge on any atom is 0.141 e. The molecule has 5 heteroatoms. The summed E-state index contributed by atoms with van der Waals surface area (Å²) in [5.41, 5.74) is 1.98. The van der Waals surface area contributed by atoms with Gasteiger partial charge in [0, 0.05) is 12.0 Å². The minimum Gasteiger partial charge on any atom is -0.300 e. The van der Waals surface area contributed by atoms with E-state index in [1.54, 1.807) is 18.2 Å². The Bertz CT molecular complexity index is 643. The van der Waals surface area contributed by atoms with E-state index in [1.165, 1.54) is 19.1 Å². The Kier molecular flexibility index (Phi) is 4.17. The van der Waals surface area contributed by atoms with Crippen LogP contribution in [0.25, 0.3) is 11.3 Å². The summed E-state index contributed by atoms with van der Waals surface area (Å²) in [4.78, 5) is 15.3. The van der Waals surface area contributed by atoms with Crippen LogP contribution in [0.5, 0.6) is 0 Å². The topological polar surface area (TPSA) is 30.0 Å². The first kappa shape index (κ1) is 14.0. The molecule has 0 amide bonds. The Morgan fingerprint density at radius 1 is 1.26 bits per heavy atom. The van der Waals surface area contributed by atoms with Crippen LogP contribution < -0.4 is 0 Å². The molecule has 0 saturated heterocycles. The van der Waals surface area contributed by atoms with Gasteiger partial charge in [-0.3, -0.25) is 4.79 Å². The molecular weight excluding hydrogens is 288 g/mol. The molecule has 0 aliphatic carbocycles. The third-order valence-electron chi connectivity index (χ3n) is 2.52.